The molecule has 2 aromatic carbocycles. The first-order valence-electron chi connectivity index (χ1n) is 8.04. The van der Waals surface area contributed by atoms with Gasteiger partial charge in [0.1, 0.15) is 11.1 Å². The molecule has 2 unspecified atom stereocenters. The molecule has 1 aliphatic rings. The highest BCUT2D eigenvalue weighted by atomic mass is 32.2. The lowest BCUT2D eigenvalue weighted by molar-refractivity contribution is -0.129. The van der Waals surface area contributed by atoms with E-state index in [0.29, 0.717) is 13.1 Å². The minimum Gasteiger partial charge on any atom is -0.396 e. The molecule has 0 spiro atoms. The van der Waals surface area contributed by atoms with Crippen LogP contribution in [-0.2, 0) is 4.79 Å². The van der Waals surface area contributed by atoms with Crippen molar-refractivity contribution in [3.63, 3.8) is 0 Å². The molecule has 3 rings (SSSR count). The largest absolute Gasteiger partial charge is 0.396 e. The van der Waals surface area contributed by atoms with Gasteiger partial charge in [0.05, 0.1) is 0 Å². The van der Waals surface area contributed by atoms with Crippen molar-refractivity contribution < 1.29 is 14.3 Å². The second-order valence-corrected chi connectivity index (χ2v) is 7.16. The van der Waals surface area contributed by atoms with Crippen molar-refractivity contribution in [2.45, 2.75) is 16.6 Å². The zero-order valence-corrected chi connectivity index (χ0v) is 14.1. The van der Waals surface area contributed by atoms with Crippen LogP contribution in [0.4, 0.5) is 4.39 Å². The van der Waals surface area contributed by atoms with E-state index in [2.05, 4.69) is 0 Å². The van der Waals surface area contributed by atoms with Gasteiger partial charge in [-0.1, -0.05) is 30.3 Å². The fourth-order valence-electron chi connectivity index (χ4n) is 2.89. The molecule has 2 atom stereocenters. The maximum Gasteiger partial charge on any atom is 0.240 e. The number of carbonyl (C=O) groups excluding carboxylic acids is 1. The second-order valence-electron chi connectivity index (χ2n) is 5.98. The molecule has 0 saturated carbocycles. The van der Waals surface area contributed by atoms with E-state index >= 15 is 0 Å². The highest BCUT2D eigenvalue weighted by Crippen LogP contribution is 2.37. The zero-order valence-electron chi connectivity index (χ0n) is 13.3. The van der Waals surface area contributed by atoms with Crippen LogP contribution in [0.15, 0.2) is 59.5 Å². The van der Waals surface area contributed by atoms with Crippen LogP contribution in [0.25, 0.3) is 0 Å². The van der Waals surface area contributed by atoms with Crippen LogP contribution < -0.4 is 0 Å². The van der Waals surface area contributed by atoms with Gasteiger partial charge in [-0.3, -0.25) is 4.79 Å². The van der Waals surface area contributed by atoms with Crippen LogP contribution in [0.5, 0.6) is 0 Å². The van der Waals surface area contributed by atoms with Crippen molar-refractivity contribution in [2.75, 3.05) is 19.7 Å². The van der Waals surface area contributed by atoms with Gasteiger partial charge in [-0.2, -0.15) is 0 Å². The molecule has 1 N–H and O–H groups in total. The second kappa shape index (κ2) is 7.81. The topological polar surface area (TPSA) is 40.5 Å². The molecule has 0 radical (unpaired) electrons. The lowest BCUT2D eigenvalue weighted by Gasteiger charge is -2.23. The standard InChI is InChI=1S/C19H20FNO2S/c20-16-6-8-17(9-7-16)24-18(15-4-2-1-3-5-15)19(23)21-11-10-14(12-21)13-22/h1-9,14,18,22H,10-13H2. The summed E-state index contributed by atoms with van der Waals surface area (Å²) < 4.78 is 13.1. The number of hydrogen-bond acceptors (Lipinski definition) is 3. The predicted octanol–water partition coefficient (Wildman–Crippen LogP) is 3.50. The van der Waals surface area contributed by atoms with Crippen LogP contribution in [-0.4, -0.2) is 35.6 Å². The highest BCUT2D eigenvalue weighted by Gasteiger charge is 2.32. The number of aliphatic hydroxyl groups excluding tert-OH is 1. The molecule has 1 heterocycles. The molecule has 0 aromatic heterocycles. The molecule has 126 valence electrons. The Morgan fingerprint density at radius 1 is 1.21 bits per heavy atom. The van der Waals surface area contributed by atoms with E-state index < -0.39 is 0 Å². The van der Waals surface area contributed by atoms with Crippen molar-refractivity contribution in [3.8, 4) is 0 Å². The number of halogens is 1. The number of hydrogen-bond donors (Lipinski definition) is 1. The Morgan fingerprint density at radius 2 is 1.92 bits per heavy atom. The summed E-state index contributed by atoms with van der Waals surface area (Å²) in [6, 6.07) is 15.9. The van der Waals surface area contributed by atoms with E-state index in [-0.39, 0.29) is 29.5 Å². The molecule has 1 saturated heterocycles. The first-order chi connectivity index (χ1) is 11.7. The Morgan fingerprint density at radius 3 is 2.54 bits per heavy atom. The molecule has 1 aliphatic heterocycles. The molecular formula is C19H20FNO2S. The summed E-state index contributed by atoms with van der Waals surface area (Å²) >= 11 is 1.43. The SMILES string of the molecule is O=C(C(Sc1ccc(F)cc1)c1ccccc1)N1CCC(CO)C1. The van der Waals surface area contributed by atoms with E-state index in [1.165, 1.54) is 23.9 Å². The predicted molar refractivity (Wildman–Crippen MR) is 93.2 cm³/mol. The van der Waals surface area contributed by atoms with Crippen LogP contribution in [0.1, 0.15) is 17.2 Å². The molecule has 3 nitrogen and oxygen atoms in total. The first kappa shape index (κ1) is 17.0. The summed E-state index contributed by atoms with van der Waals surface area (Å²) in [5.41, 5.74) is 0.935. The van der Waals surface area contributed by atoms with Gasteiger partial charge in [0.2, 0.25) is 5.91 Å². The molecular weight excluding hydrogens is 325 g/mol. The summed E-state index contributed by atoms with van der Waals surface area (Å²) in [5.74, 6) is -0.0695. The fourth-order valence-corrected chi connectivity index (χ4v) is 3.99. The fraction of sp³-hybridized carbons (Fsp3) is 0.316. The summed E-state index contributed by atoms with van der Waals surface area (Å²) in [5, 5.41) is 8.94. The monoisotopic (exact) mass is 345 g/mol. The maximum atomic E-state index is 13.1. The third-order valence-corrected chi connectivity index (χ3v) is 5.50. The van der Waals surface area contributed by atoms with E-state index in [1.54, 1.807) is 12.1 Å². The molecule has 24 heavy (non-hydrogen) atoms. The van der Waals surface area contributed by atoms with Crippen molar-refractivity contribution in [1.82, 2.24) is 4.90 Å². The van der Waals surface area contributed by atoms with Crippen LogP contribution >= 0.6 is 11.8 Å². The Kier molecular flexibility index (Phi) is 5.53. The number of thioether (sulfide) groups is 1. The van der Waals surface area contributed by atoms with Gasteiger partial charge in [-0.05, 0) is 36.2 Å². The Hall–Kier alpha value is -1.85. The van der Waals surface area contributed by atoms with Crippen molar-refractivity contribution >= 4 is 17.7 Å². The third-order valence-electron chi connectivity index (χ3n) is 4.25. The van der Waals surface area contributed by atoms with Gasteiger partial charge in [0, 0.05) is 30.5 Å². The molecule has 1 fully saturated rings. The van der Waals surface area contributed by atoms with Gasteiger partial charge in [-0.25, -0.2) is 4.39 Å². The van der Waals surface area contributed by atoms with Crippen molar-refractivity contribution in [3.05, 3.63) is 66.0 Å². The Bertz CT molecular complexity index is 678. The number of carbonyl (C=O) groups is 1. The van der Waals surface area contributed by atoms with Gasteiger partial charge < -0.3 is 10.0 Å². The summed E-state index contributed by atoms with van der Waals surface area (Å²) in [6.45, 7) is 1.39. The number of likely N-dealkylation sites (tertiary alicyclic amines) is 1. The highest BCUT2D eigenvalue weighted by molar-refractivity contribution is 8.00. The average molecular weight is 345 g/mol. The van der Waals surface area contributed by atoms with Crippen molar-refractivity contribution in [1.29, 1.82) is 0 Å². The van der Waals surface area contributed by atoms with Gasteiger partial charge in [0.25, 0.3) is 0 Å². The smallest absolute Gasteiger partial charge is 0.240 e. The third kappa shape index (κ3) is 3.97. The summed E-state index contributed by atoms with van der Waals surface area (Å²) in [6.07, 6.45) is 0.838. The number of aliphatic hydroxyl groups is 1. The summed E-state index contributed by atoms with van der Waals surface area (Å²) in [7, 11) is 0. The van der Waals surface area contributed by atoms with E-state index in [4.69, 9.17) is 0 Å². The quantitative estimate of drug-likeness (QED) is 0.843. The molecule has 0 bridgehead atoms. The minimum absolute atomic E-state index is 0.0477. The Labute approximate surface area is 145 Å². The van der Waals surface area contributed by atoms with Gasteiger partial charge in [-0.15, -0.1) is 11.8 Å². The minimum atomic E-state index is -0.367. The lowest BCUT2D eigenvalue weighted by Crippen LogP contribution is -2.32. The molecule has 5 heteroatoms. The summed E-state index contributed by atoms with van der Waals surface area (Å²) in [4.78, 5) is 15.7. The number of nitrogens with zero attached hydrogens (tertiary/aromatic N) is 1. The maximum absolute atomic E-state index is 13.1. The van der Waals surface area contributed by atoms with Gasteiger partial charge in [0.15, 0.2) is 0 Å². The van der Waals surface area contributed by atoms with Gasteiger partial charge >= 0.3 is 0 Å². The van der Waals surface area contributed by atoms with Crippen molar-refractivity contribution in [2.24, 2.45) is 5.92 Å². The first-order valence-corrected chi connectivity index (χ1v) is 8.92. The number of rotatable bonds is 5. The van der Waals surface area contributed by atoms with Crippen LogP contribution in [0.2, 0.25) is 0 Å². The van der Waals surface area contributed by atoms with Crippen LogP contribution in [0.3, 0.4) is 0 Å². The molecule has 1 amide bonds. The number of amides is 1. The molecule has 0 aliphatic carbocycles. The Balaban J connectivity index is 1.82. The average Bonchev–Trinajstić information content (AvgIpc) is 3.11. The molecule has 2 aromatic rings. The lowest BCUT2D eigenvalue weighted by atomic mass is 10.1. The zero-order chi connectivity index (χ0) is 16.9. The normalized spacial score (nSPS) is 18.6. The van der Waals surface area contributed by atoms with Crippen LogP contribution in [0, 0.1) is 11.7 Å². The number of benzene rings is 2. The van der Waals surface area contributed by atoms with E-state index in [1.807, 2.05) is 35.2 Å². The van der Waals surface area contributed by atoms with E-state index in [0.717, 1.165) is 16.9 Å². The van der Waals surface area contributed by atoms with E-state index in [9.17, 15) is 14.3 Å².